The van der Waals surface area contributed by atoms with Crippen molar-refractivity contribution in [1.82, 2.24) is 0 Å². The van der Waals surface area contributed by atoms with Gasteiger partial charge in [-0.25, -0.2) is 0 Å². The van der Waals surface area contributed by atoms with Crippen molar-refractivity contribution in [2.45, 2.75) is 47.0 Å². The van der Waals surface area contributed by atoms with Crippen molar-refractivity contribution in [2.24, 2.45) is 11.3 Å². The van der Waals surface area contributed by atoms with Crippen LogP contribution in [0.15, 0.2) is 18.4 Å². The van der Waals surface area contributed by atoms with Crippen molar-refractivity contribution in [3.63, 3.8) is 0 Å². The van der Waals surface area contributed by atoms with Gasteiger partial charge in [0.25, 0.3) is 0 Å². The summed E-state index contributed by atoms with van der Waals surface area (Å²) in [6.45, 7) is 12.8. The molecule has 0 fully saturated rings. The van der Waals surface area contributed by atoms with Crippen LogP contribution in [0.5, 0.6) is 0 Å². The number of hydrogen-bond acceptors (Lipinski definition) is 0. The summed E-state index contributed by atoms with van der Waals surface area (Å²) >= 11 is 0. The molecule has 0 saturated carbocycles. The zero-order valence-corrected chi connectivity index (χ0v) is 8.98. The third-order valence-electron chi connectivity index (χ3n) is 2.65. The highest BCUT2D eigenvalue weighted by atomic mass is 14.2. The van der Waals surface area contributed by atoms with Crippen molar-refractivity contribution in [2.75, 3.05) is 0 Å². The van der Waals surface area contributed by atoms with Crippen LogP contribution >= 0.6 is 0 Å². The predicted molar refractivity (Wildman–Crippen MR) is 56.2 cm³/mol. The van der Waals surface area contributed by atoms with E-state index in [0.29, 0.717) is 11.3 Å². The lowest BCUT2D eigenvalue weighted by Gasteiger charge is -2.26. The fourth-order valence-corrected chi connectivity index (χ4v) is 1.34. The first-order valence-corrected chi connectivity index (χ1v) is 4.91. The largest absolute Gasteiger partial charge is 0.133 e. The fraction of sp³-hybridized carbons (Fsp3) is 0.750. The minimum atomic E-state index is 0.466. The molecule has 0 amide bonds. The standard InChI is InChI=1S/C12H22/c1-6-9-11(7-2)10-12(4,5)8-3/h9,11H,1,7-8,10H2,2-5H3. The number of hydrogen-bond donors (Lipinski definition) is 0. The molecule has 70 valence electrons. The van der Waals surface area contributed by atoms with Gasteiger partial charge >= 0.3 is 0 Å². The molecule has 1 unspecified atom stereocenters. The summed E-state index contributed by atoms with van der Waals surface area (Å²) in [4.78, 5) is 0. The smallest absolute Gasteiger partial charge is 0.0155 e. The Balaban J connectivity index is 4.10. The van der Waals surface area contributed by atoms with Gasteiger partial charge in [-0.15, -0.1) is 5.73 Å². The number of allylic oxidation sites excluding steroid dienone is 1. The van der Waals surface area contributed by atoms with Gasteiger partial charge in [0.1, 0.15) is 0 Å². The molecule has 0 bridgehead atoms. The Labute approximate surface area is 77.4 Å². The SMILES string of the molecule is C=C=CC(CC)CC(C)(C)CC. The van der Waals surface area contributed by atoms with E-state index in [4.69, 9.17) is 0 Å². The van der Waals surface area contributed by atoms with E-state index in [2.05, 4.69) is 46.1 Å². The maximum absolute atomic E-state index is 3.62. The molecule has 0 aliphatic heterocycles. The van der Waals surface area contributed by atoms with Crippen molar-refractivity contribution < 1.29 is 0 Å². The van der Waals surface area contributed by atoms with E-state index in [0.717, 1.165) is 0 Å². The highest BCUT2D eigenvalue weighted by Crippen LogP contribution is 2.30. The van der Waals surface area contributed by atoms with Crippen LogP contribution in [0.4, 0.5) is 0 Å². The van der Waals surface area contributed by atoms with Gasteiger partial charge in [-0.05, 0) is 30.3 Å². The molecule has 0 aromatic rings. The fourth-order valence-electron chi connectivity index (χ4n) is 1.34. The summed E-state index contributed by atoms with van der Waals surface area (Å²) in [6.07, 6.45) is 5.81. The molecular weight excluding hydrogens is 144 g/mol. The third-order valence-corrected chi connectivity index (χ3v) is 2.65. The van der Waals surface area contributed by atoms with Gasteiger partial charge in [-0.1, -0.05) is 40.7 Å². The molecule has 0 N–H and O–H groups in total. The Morgan fingerprint density at radius 1 is 1.42 bits per heavy atom. The van der Waals surface area contributed by atoms with Gasteiger partial charge in [-0.3, -0.25) is 0 Å². The van der Waals surface area contributed by atoms with E-state index in [1.807, 2.05) is 0 Å². The molecule has 0 heterocycles. The van der Waals surface area contributed by atoms with E-state index in [-0.39, 0.29) is 0 Å². The second-order valence-corrected chi connectivity index (χ2v) is 4.26. The average Bonchev–Trinajstić information content (AvgIpc) is 2.03. The van der Waals surface area contributed by atoms with Crippen LogP contribution in [0.25, 0.3) is 0 Å². The van der Waals surface area contributed by atoms with Crippen LogP contribution in [0.3, 0.4) is 0 Å². The first kappa shape index (κ1) is 11.5. The van der Waals surface area contributed by atoms with Gasteiger partial charge in [-0.2, -0.15) is 0 Å². The van der Waals surface area contributed by atoms with Crippen molar-refractivity contribution in [3.05, 3.63) is 18.4 Å². The van der Waals surface area contributed by atoms with E-state index < -0.39 is 0 Å². The molecule has 0 spiro atoms. The predicted octanol–water partition coefficient (Wildman–Crippen LogP) is 4.18. The van der Waals surface area contributed by atoms with Gasteiger partial charge in [0.2, 0.25) is 0 Å². The molecule has 0 heteroatoms. The monoisotopic (exact) mass is 166 g/mol. The van der Waals surface area contributed by atoms with Crippen LogP contribution in [0.2, 0.25) is 0 Å². The third kappa shape index (κ3) is 4.41. The average molecular weight is 166 g/mol. The van der Waals surface area contributed by atoms with E-state index in [1.165, 1.54) is 19.3 Å². The molecule has 0 nitrogen and oxygen atoms in total. The second kappa shape index (κ2) is 5.22. The Morgan fingerprint density at radius 2 is 2.00 bits per heavy atom. The first-order valence-electron chi connectivity index (χ1n) is 4.91. The summed E-state index contributed by atoms with van der Waals surface area (Å²) in [7, 11) is 0. The summed E-state index contributed by atoms with van der Waals surface area (Å²) in [6, 6.07) is 0. The summed E-state index contributed by atoms with van der Waals surface area (Å²) in [5, 5.41) is 0. The molecule has 1 atom stereocenters. The van der Waals surface area contributed by atoms with Gasteiger partial charge in [0.15, 0.2) is 0 Å². The summed E-state index contributed by atoms with van der Waals surface area (Å²) in [5.74, 6) is 0.664. The van der Waals surface area contributed by atoms with Gasteiger partial charge in [0.05, 0.1) is 0 Å². The zero-order chi connectivity index (χ0) is 9.61. The number of rotatable bonds is 5. The highest BCUT2D eigenvalue weighted by Gasteiger charge is 2.18. The van der Waals surface area contributed by atoms with Crippen LogP contribution in [0.1, 0.15) is 47.0 Å². The Bertz CT molecular complexity index is 159. The summed E-state index contributed by atoms with van der Waals surface area (Å²) in [5.41, 5.74) is 3.36. The zero-order valence-electron chi connectivity index (χ0n) is 8.98. The minimum Gasteiger partial charge on any atom is -0.133 e. The Hall–Kier alpha value is -0.480. The maximum atomic E-state index is 3.62. The molecule has 0 aromatic carbocycles. The quantitative estimate of drug-likeness (QED) is 0.537. The Kier molecular flexibility index (Phi) is 5.01. The van der Waals surface area contributed by atoms with E-state index in [9.17, 15) is 0 Å². The molecule has 0 aliphatic rings. The lowest BCUT2D eigenvalue weighted by Crippen LogP contribution is -2.14. The highest BCUT2D eigenvalue weighted by molar-refractivity contribution is 4.87. The van der Waals surface area contributed by atoms with Crippen LogP contribution in [-0.4, -0.2) is 0 Å². The lowest BCUT2D eigenvalue weighted by atomic mass is 9.80. The van der Waals surface area contributed by atoms with E-state index in [1.54, 1.807) is 0 Å². The van der Waals surface area contributed by atoms with Crippen LogP contribution in [-0.2, 0) is 0 Å². The van der Waals surface area contributed by atoms with Crippen molar-refractivity contribution >= 4 is 0 Å². The Morgan fingerprint density at radius 3 is 2.33 bits per heavy atom. The van der Waals surface area contributed by atoms with Gasteiger partial charge in [0, 0.05) is 0 Å². The summed E-state index contributed by atoms with van der Waals surface area (Å²) < 4.78 is 0. The molecule has 12 heavy (non-hydrogen) atoms. The topological polar surface area (TPSA) is 0 Å². The van der Waals surface area contributed by atoms with E-state index >= 15 is 0 Å². The molecule has 0 rings (SSSR count). The molecule has 0 aromatic heterocycles. The second-order valence-electron chi connectivity index (χ2n) is 4.26. The first-order chi connectivity index (χ1) is 5.55. The van der Waals surface area contributed by atoms with Crippen LogP contribution in [0, 0.1) is 11.3 Å². The normalized spacial score (nSPS) is 13.7. The molecule has 0 radical (unpaired) electrons. The molecule has 0 saturated heterocycles. The maximum Gasteiger partial charge on any atom is -0.0155 e. The molecule has 0 aliphatic carbocycles. The van der Waals surface area contributed by atoms with Crippen molar-refractivity contribution in [1.29, 1.82) is 0 Å². The molecular formula is C12H22. The van der Waals surface area contributed by atoms with Crippen LogP contribution < -0.4 is 0 Å². The van der Waals surface area contributed by atoms with Gasteiger partial charge < -0.3 is 0 Å². The minimum absolute atomic E-state index is 0.466. The lowest BCUT2D eigenvalue weighted by molar-refractivity contribution is 0.278. The van der Waals surface area contributed by atoms with Crippen molar-refractivity contribution in [3.8, 4) is 0 Å².